The summed E-state index contributed by atoms with van der Waals surface area (Å²) in [5.41, 5.74) is 0.805. The SMILES string of the molecule is Cc1ccc(SC[C@@](C)(O)C(=O)NCc2ccccc2)cc1. The standard InChI is InChI=1S/C18H21NO2S/c1-14-8-10-16(11-9-14)22-13-18(2,21)17(20)19-12-15-6-4-3-5-7-15/h3-11,21H,12-13H2,1-2H3,(H,19,20)/t18-/m1/s1. The molecule has 0 saturated carbocycles. The van der Waals surface area contributed by atoms with Gasteiger partial charge in [0.2, 0.25) is 0 Å². The Balaban J connectivity index is 1.86. The minimum absolute atomic E-state index is 0.316. The fraction of sp³-hybridized carbons (Fsp3) is 0.278. The van der Waals surface area contributed by atoms with Gasteiger partial charge in [0, 0.05) is 17.2 Å². The van der Waals surface area contributed by atoms with E-state index in [4.69, 9.17) is 0 Å². The monoisotopic (exact) mass is 315 g/mol. The summed E-state index contributed by atoms with van der Waals surface area (Å²) in [6.07, 6.45) is 0. The average Bonchev–Trinajstić information content (AvgIpc) is 2.53. The third kappa shape index (κ3) is 4.90. The summed E-state index contributed by atoms with van der Waals surface area (Å²) in [6.45, 7) is 4.00. The number of nitrogens with one attached hydrogen (secondary N) is 1. The fourth-order valence-electron chi connectivity index (χ4n) is 1.89. The number of aryl methyl sites for hydroxylation is 1. The Kier molecular flexibility index (Phi) is 5.63. The lowest BCUT2D eigenvalue weighted by Gasteiger charge is -2.22. The van der Waals surface area contributed by atoms with Crippen molar-refractivity contribution in [3.63, 3.8) is 0 Å². The van der Waals surface area contributed by atoms with E-state index in [9.17, 15) is 9.90 Å². The lowest BCUT2D eigenvalue weighted by molar-refractivity contribution is -0.136. The summed E-state index contributed by atoms with van der Waals surface area (Å²) in [4.78, 5) is 13.2. The largest absolute Gasteiger partial charge is 0.379 e. The molecule has 0 radical (unpaired) electrons. The normalized spacial score (nSPS) is 13.4. The van der Waals surface area contributed by atoms with Gasteiger partial charge in [0.25, 0.3) is 5.91 Å². The highest BCUT2D eigenvalue weighted by molar-refractivity contribution is 7.99. The predicted octanol–water partition coefficient (Wildman–Crippen LogP) is 3.15. The second kappa shape index (κ2) is 7.47. The molecule has 0 unspecified atom stereocenters. The highest BCUT2D eigenvalue weighted by Gasteiger charge is 2.30. The molecule has 0 bridgehead atoms. The van der Waals surface area contributed by atoms with Gasteiger partial charge in [-0.25, -0.2) is 0 Å². The van der Waals surface area contributed by atoms with Crippen LogP contribution in [0.2, 0.25) is 0 Å². The second-order valence-electron chi connectivity index (χ2n) is 5.54. The quantitative estimate of drug-likeness (QED) is 0.805. The van der Waals surface area contributed by atoms with Crippen LogP contribution in [0.1, 0.15) is 18.1 Å². The molecular weight excluding hydrogens is 294 g/mol. The van der Waals surface area contributed by atoms with Crippen LogP contribution in [0.3, 0.4) is 0 Å². The van der Waals surface area contributed by atoms with E-state index in [1.54, 1.807) is 6.92 Å². The Morgan fingerprint density at radius 3 is 2.41 bits per heavy atom. The molecule has 0 spiro atoms. The first-order valence-corrected chi connectivity index (χ1v) is 8.20. The van der Waals surface area contributed by atoms with E-state index in [2.05, 4.69) is 5.32 Å². The Bertz CT molecular complexity index is 609. The molecule has 0 aliphatic rings. The Morgan fingerprint density at radius 2 is 1.77 bits per heavy atom. The molecule has 0 aliphatic carbocycles. The van der Waals surface area contributed by atoms with Crippen LogP contribution in [0.4, 0.5) is 0 Å². The first-order valence-electron chi connectivity index (χ1n) is 7.21. The lowest BCUT2D eigenvalue weighted by Crippen LogP contribution is -2.46. The van der Waals surface area contributed by atoms with Gasteiger partial charge in [-0.2, -0.15) is 0 Å². The summed E-state index contributed by atoms with van der Waals surface area (Å²) >= 11 is 1.48. The summed E-state index contributed by atoms with van der Waals surface area (Å²) < 4.78 is 0. The van der Waals surface area contributed by atoms with Gasteiger partial charge in [-0.1, -0.05) is 48.0 Å². The van der Waals surface area contributed by atoms with Gasteiger partial charge < -0.3 is 10.4 Å². The number of amides is 1. The van der Waals surface area contributed by atoms with Gasteiger partial charge in [-0.05, 0) is 31.5 Å². The molecule has 116 valence electrons. The maximum atomic E-state index is 12.1. The van der Waals surface area contributed by atoms with Gasteiger partial charge in [0.05, 0.1) is 0 Å². The lowest BCUT2D eigenvalue weighted by atomic mass is 10.1. The molecule has 0 aliphatic heterocycles. The molecule has 0 aromatic heterocycles. The number of rotatable bonds is 6. The van der Waals surface area contributed by atoms with Gasteiger partial charge >= 0.3 is 0 Å². The van der Waals surface area contributed by atoms with Crippen LogP contribution in [-0.2, 0) is 11.3 Å². The smallest absolute Gasteiger partial charge is 0.252 e. The van der Waals surface area contributed by atoms with E-state index < -0.39 is 5.60 Å². The zero-order chi connectivity index (χ0) is 16.0. The molecule has 0 heterocycles. The highest BCUT2D eigenvalue weighted by atomic mass is 32.2. The molecule has 1 amide bonds. The minimum atomic E-state index is -1.40. The predicted molar refractivity (Wildman–Crippen MR) is 90.8 cm³/mol. The summed E-state index contributed by atoms with van der Waals surface area (Å²) in [6, 6.07) is 17.7. The van der Waals surface area contributed by atoms with Crippen LogP contribution < -0.4 is 5.32 Å². The number of benzene rings is 2. The molecule has 2 rings (SSSR count). The van der Waals surface area contributed by atoms with Crippen molar-refractivity contribution in [2.24, 2.45) is 0 Å². The molecule has 0 saturated heterocycles. The summed E-state index contributed by atoms with van der Waals surface area (Å²) in [7, 11) is 0. The van der Waals surface area contributed by atoms with Crippen LogP contribution in [0.5, 0.6) is 0 Å². The van der Waals surface area contributed by atoms with Crippen molar-refractivity contribution in [3.05, 3.63) is 65.7 Å². The van der Waals surface area contributed by atoms with Crippen LogP contribution in [0.15, 0.2) is 59.5 Å². The zero-order valence-corrected chi connectivity index (χ0v) is 13.7. The van der Waals surface area contributed by atoms with Crippen molar-refractivity contribution in [2.75, 3.05) is 5.75 Å². The number of carbonyl (C=O) groups is 1. The van der Waals surface area contributed by atoms with Gasteiger partial charge in [-0.3, -0.25) is 4.79 Å². The zero-order valence-electron chi connectivity index (χ0n) is 12.9. The molecule has 22 heavy (non-hydrogen) atoms. The molecule has 2 aromatic carbocycles. The molecule has 0 fully saturated rings. The molecule has 4 heteroatoms. The summed E-state index contributed by atoms with van der Waals surface area (Å²) in [5.74, 6) is -0.0348. The third-order valence-electron chi connectivity index (χ3n) is 3.33. The van der Waals surface area contributed by atoms with Crippen molar-refractivity contribution in [1.82, 2.24) is 5.32 Å². The Hall–Kier alpha value is -1.78. The molecule has 2 N–H and O–H groups in total. The van der Waals surface area contributed by atoms with Crippen molar-refractivity contribution in [1.29, 1.82) is 0 Å². The van der Waals surface area contributed by atoms with Crippen molar-refractivity contribution < 1.29 is 9.90 Å². The topological polar surface area (TPSA) is 49.3 Å². The van der Waals surface area contributed by atoms with E-state index in [0.717, 1.165) is 10.5 Å². The van der Waals surface area contributed by atoms with Gasteiger partial charge in [-0.15, -0.1) is 11.8 Å². The van der Waals surface area contributed by atoms with Crippen molar-refractivity contribution in [2.45, 2.75) is 30.9 Å². The van der Waals surface area contributed by atoms with E-state index in [-0.39, 0.29) is 5.91 Å². The molecule has 1 atom stereocenters. The van der Waals surface area contributed by atoms with Gasteiger partial charge in [0.1, 0.15) is 5.60 Å². The van der Waals surface area contributed by atoms with Crippen molar-refractivity contribution in [3.8, 4) is 0 Å². The van der Waals surface area contributed by atoms with E-state index in [1.165, 1.54) is 17.3 Å². The second-order valence-corrected chi connectivity index (χ2v) is 6.59. The number of hydrogen-bond donors (Lipinski definition) is 2. The summed E-state index contributed by atoms with van der Waals surface area (Å²) in [5, 5.41) is 13.1. The number of thioether (sulfide) groups is 1. The van der Waals surface area contributed by atoms with Crippen LogP contribution >= 0.6 is 11.8 Å². The fourth-order valence-corrected chi connectivity index (χ4v) is 2.80. The number of aliphatic hydroxyl groups is 1. The Morgan fingerprint density at radius 1 is 1.14 bits per heavy atom. The first kappa shape index (κ1) is 16.6. The van der Waals surface area contributed by atoms with E-state index in [0.29, 0.717) is 12.3 Å². The Labute approximate surface area is 135 Å². The minimum Gasteiger partial charge on any atom is -0.379 e. The number of hydrogen-bond acceptors (Lipinski definition) is 3. The first-order chi connectivity index (χ1) is 10.5. The van der Waals surface area contributed by atoms with E-state index in [1.807, 2.05) is 61.5 Å². The van der Waals surface area contributed by atoms with Crippen LogP contribution in [0.25, 0.3) is 0 Å². The maximum absolute atomic E-state index is 12.1. The third-order valence-corrected chi connectivity index (χ3v) is 4.64. The van der Waals surface area contributed by atoms with Crippen molar-refractivity contribution >= 4 is 17.7 Å². The highest BCUT2D eigenvalue weighted by Crippen LogP contribution is 2.23. The molecular formula is C18H21NO2S. The van der Waals surface area contributed by atoms with Crippen LogP contribution in [-0.4, -0.2) is 22.4 Å². The number of carbonyl (C=O) groups excluding carboxylic acids is 1. The molecule has 3 nitrogen and oxygen atoms in total. The van der Waals surface area contributed by atoms with Gasteiger partial charge in [0.15, 0.2) is 0 Å². The molecule has 2 aromatic rings. The average molecular weight is 315 g/mol. The van der Waals surface area contributed by atoms with E-state index >= 15 is 0 Å². The maximum Gasteiger partial charge on any atom is 0.252 e. The van der Waals surface area contributed by atoms with Crippen LogP contribution in [0, 0.1) is 6.92 Å².